The summed E-state index contributed by atoms with van der Waals surface area (Å²) < 4.78 is 0.773. The molecule has 1 fully saturated rings. The molecule has 0 aromatic rings. The van der Waals surface area contributed by atoms with Gasteiger partial charge < -0.3 is 5.11 Å². The van der Waals surface area contributed by atoms with E-state index >= 15 is 0 Å². The second kappa shape index (κ2) is 4.65. The molecule has 0 amide bonds. The SMILES string of the molecule is CCCCC[C@H]1C(I)[C@@H]1CO. The molecule has 0 aromatic heterocycles. The molecule has 0 radical (unpaired) electrons. The fraction of sp³-hybridized carbons (Fsp3) is 1.00. The smallest absolute Gasteiger partial charge is 0.0472 e. The molecule has 1 unspecified atom stereocenters. The first kappa shape index (κ1) is 9.78. The molecule has 0 heterocycles. The molecule has 0 aliphatic heterocycles. The van der Waals surface area contributed by atoms with Crippen molar-refractivity contribution >= 4 is 22.6 Å². The Morgan fingerprint density at radius 3 is 2.45 bits per heavy atom. The number of hydrogen-bond donors (Lipinski definition) is 1. The largest absolute Gasteiger partial charge is 0.396 e. The number of aliphatic hydroxyl groups is 1. The van der Waals surface area contributed by atoms with Crippen LogP contribution in [0.2, 0.25) is 0 Å². The number of alkyl halides is 1. The molecule has 1 aliphatic rings. The third-order valence-electron chi connectivity index (χ3n) is 2.58. The predicted octanol–water partition coefficient (Wildman–Crippen LogP) is 2.61. The second-order valence-electron chi connectivity index (χ2n) is 3.45. The van der Waals surface area contributed by atoms with Crippen LogP contribution in [0.25, 0.3) is 0 Å². The zero-order valence-electron chi connectivity index (χ0n) is 7.09. The summed E-state index contributed by atoms with van der Waals surface area (Å²) in [5, 5.41) is 8.90. The Kier molecular flexibility index (Phi) is 4.13. The molecule has 1 aliphatic carbocycles. The number of hydrogen-bond acceptors (Lipinski definition) is 1. The standard InChI is InChI=1S/C9H17IO/c1-2-3-4-5-7-8(6-11)9(7)10/h7-9,11H,2-6H2,1H3/t7-,8-,9?/m1/s1. The molecule has 11 heavy (non-hydrogen) atoms. The van der Waals surface area contributed by atoms with Crippen LogP contribution in [-0.4, -0.2) is 15.6 Å². The molecule has 1 rings (SSSR count). The third-order valence-corrected chi connectivity index (χ3v) is 4.43. The van der Waals surface area contributed by atoms with Crippen LogP contribution in [0.5, 0.6) is 0 Å². The van der Waals surface area contributed by atoms with E-state index < -0.39 is 0 Å². The Bertz CT molecular complexity index is 116. The summed E-state index contributed by atoms with van der Waals surface area (Å²) >= 11 is 2.47. The quantitative estimate of drug-likeness (QED) is 0.461. The Morgan fingerprint density at radius 1 is 1.27 bits per heavy atom. The molecule has 0 aromatic carbocycles. The van der Waals surface area contributed by atoms with Crippen LogP contribution in [0.1, 0.15) is 32.6 Å². The highest BCUT2D eigenvalue weighted by Gasteiger charge is 2.46. The highest BCUT2D eigenvalue weighted by Crippen LogP contribution is 2.48. The van der Waals surface area contributed by atoms with Crippen LogP contribution in [0.3, 0.4) is 0 Å². The van der Waals surface area contributed by atoms with Gasteiger partial charge in [0.1, 0.15) is 0 Å². The monoisotopic (exact) mass is 268 g/mol. The van der Waals surface area contributed by atoms with Gasteiger partial charge in [0.25, 0.3) is 0 Å². The van der Waals surface area contributed by atoms with Crippen molar-refractivity contribution in [2.45, 2.75) is 36.5 Å². The second-order valence-corrected chi connectivity index (χ2v) is 4.89. The van der Waals surface area contributed by atoms with Crippen LogP contribution in [-0.2, 0) is 0 Å². The topological polar surface area (TPSA) is 20.2 Å². The fourth-order valence-electron chi connectivity index (χ4n) is 1.64. The third kappa shape index (κ3) is 2.58. The van der Waals surface area contributed by atoms with Gasteiger partial charge in [0, 0.05) is 10.5 Å². The average molecular weight is 268 g/mol. The summed E-state index contributed by atoms with van der Waals surface area (Å²) in [6.07, 6.45) is 5.37. The van der Waals surface area contributed by atoms with Gasteiger partial charge in [0.15, 0.2) is 0 Å². The summed E-state index contributed by atoms with van der Waals surface area (Å²) in [6.45, 7) is 2.64. The average Bonchev–Trinajstić information content (AvgIpc) is 2.62. The lowest BCUT2D eigenvalue weighted by Crippen LogP contribution is -1.88. The Balaban J connectivity index is 2.01. The zero-order valence-corrected chi connectivity index (χ0v) is 9.25. The van der Waals surface area contributed by atoms with Crippen LogP contribution >= 0.6 is 22.6 Å². The van der Waals surface area contributed by atoms with Crippen molar-refractivity contribution in [3.63, 3.8) is 0 Å². The maximum absolute atomic E-state index is 8.90. The first-order chi connectivity index (χ1) is 5.31. The summed E-state index contributed by atoms with van der Waals surface area (Å²) in [7, 11) is 0. The van der Waals surface area contributed by atoms with E-state index in [1.807, 2.05) is 0 Å². The van der Waals surface area contributed by atoms with Gasteiger partial charge in [0.05, 0.1) is 0 Å². The maximum Gasteiger partial charge on any atom is 0.0472 e. The van der Waals surface area contributed by atoms with E-state index in [-0.39, 0.29) is 0 Å². The van der Waals surface area contributed by atoms with E-state index in [1.54, 1.807) is 0 Å². The lowest BCUT2D eigenvalue weighted by Gasteiger charge is -1.95. The minimum absolute atomic E-state index is 0.407. The summed E-state index contributed by atoms with van der Waals surface area (Å²) in [4.78, 5) is 0. The van der Waals surface area contributed by atoms with Crippen LogP contribution in [0.4, 0.5) is 0 Å². The summed E-state index contributed by atoms with van der Waals surface area (Å²) in [5.74, 6) is 1.47. The summed E-state index contributed by atoms with van der Waals surface area (Å²) in [5.41, 5.74) is 0. The molecule has 66 valence electrons. The van der Waals surface area contributed by atoms with Gasteiger partial charge in [0.2, 0.25) is 0 Å². The van der Waals surface area contributed by atoms with Crippen molar-refractivity contribution in [2.24, 2.45) is 11.8 Å². The minimum atomic E-state index is 0.407. The predicted molar refractivity (Wildman–Crippen MR) is 56.0 cm³/mol. The molecule has 1 nitrogen and oxygen atoms in total. The van der Waals surface area contributed by atoms with Crippen LogP contribution < -0.4 is 0 Å². The van der Waals surface area contributed by atoms with Crippen molar-refractivity contribution in [3.8, 4) is 0 Å². The molecular formula is C9H17IO. The molecule has 0 spiro atoms. The number of rotatable bonds is 5. The van der Waals surface area contributed by atoms with Crippen molar-refractivity contribution in [3.05, 3.63) is 0 Å². The van der Waals surface area contributed by atoms with Gasteiger partial charge in [-0.15, -0.1) is 0 Å². The van der Waals surface area contributed by atoms with E-state index in [0.717, 1.165) is 9.84 Å². The molecule has 0 bridgehead atoms. The number of aliphatic hydroxyl groups excluding tert-OH is 1. The van der Waals surface area contributed by atoms with E-state index in [1.165, 1.54) is 25.7 Å². The maximum atomic E-state index is 8.90. The Labute approximate surface area is 82.7 Å². The van der Waals surface area contributed by atoms with Crippen molar-refractivity contribution < 1.29 is 5.11 Å². The molecule has 2 heteroatoms. The van der Waals surface area contributed by atoms with Crippen molar-refractivity contribution in [1.29, 1.82) is 0 Å². The van der Waals surface area contributed by atoms with E-state index in [0.29, 0.717) is 12.5 Å². The van der Waals surface area contributed by atoms with E-state index in [9.17, 15) is 0 Å². The highest BCUT2D eigenvalue weighted by molar-refractivity contribution is 14.1. The molecular weight excluding hydrogens is 251 g/mol. The van der Waals surface area contributed by atoms with Gasteiger partial charge in [-0.2, -0.15) is 0 Å². The van der Waals surface area contributed by atoms with Crippen molar-refractivity contribution in [2.75, 3.05) is 6.61 Å². The van der Waals surface area contributed by atoms with Gasteiger partial charge in [-0.05, 0) is 18.3 Å². The van der Waals surface area contributed by atoms with E-state index in [4.69, 9.17) is 5.11 Å². The molecule has 1 saturated carbocycles. The molecule has 1 N–H and O–H groups in total. The number of halogens is 1. The van der Waals surface area contributed by atoms with Gasteiger partial charge in [-0.1, -0.05) is 48.8 Å². The fourth-order valence-corrected chi connectivity index (χ4v) is 3.05. The zero-order chi connectivity index (χ0) is 8.27. The minimum Gasteiger partial charge on any atom is -0.396 e. The highest BCUT2D eigenvalue weighted by atomic mass is 127. The van der Waals surface area contributed by atoms with Crippen LogP contribution in [0.15, 0.2) is 0 Å². The van der Waals surface area contributed by atoms with Gasteiger partial charge in [-0.25, -0.2) is 0 Å². The lowest BCUT2D eigenvalue weighted by molar-refractivity contribution is 0.267. The molecule has 0 saturated heterocycles. The first-order valence-electron chi connectivity index (χ1n) is 4.56. The first-order valence-corrected chi connectivity index (χ1v) is 5.80. The molecule has 3 atom stereocenters. The Morgan fingerprint density at radius 2 is 2.00 bits per heavy atom. The van der Waals surface area contributed by atoms with Crippen molar-refractivity contribution in [1.82, 2.24) is 0 Å². The summed E-state index contributed by atoms with van der Waals surface area (Å²) in [6, 6.07) is 0. The van der Waals surface area contributed by atoms with Gasteiger partial charge >= 0.3 is 0 Å². The van der Waals surface area contributed by atoms with Gasteiger partial charge in [-0.3, -0.25) is 0 Å². The van der Waals surface area contributed by atoms with Crippen LogP contribution in [0, 0.1) is 11.8 Å². The van der Waals surface area contributed by atoms with E-state index in [2.05, 4.69) is 29.5 Å². The number of unbranched alkanes of at least 4 members (excludes halogenated alkanes) is 2. The Hall–Kier alpha value is 0.690. The normalized spacial score (nSPS) is 35.7. The lowest BCUT2D eigenvalue weighted by atomic mass is 10.1.